The molecule has 0 amide bonds. The highest BCUT2D eigenvalue weighted by Gasteiger charge is 2.27. The molecule has 0 radical (unpaired) electrons. The molecule has 1 aliphatic heterocycles. The van der Waals surface area contributed by atoms with Gasteiger partial charge in [0.05, 0.1) is 6.61 Å². The maximum absolute atomic E-state index is 5.36. The van der Waals surface area contributed by atoms with Crippen molar-refractivity contribution in [3.8, 4) is 0 Å². The van der Waals surface area contributed by atoms with Gasteiger partial charge in [-0.15, -0.1) is 0 Å². The first-order valence-electron chi connectivity index (χ1n) is 7.87. The molecule has 1 fully saturated rings. The summed E-state index contributed by atoms with van der Waals surface area (Å²) in [7, 11) is 1.77. The lowest BCUT2D eigenvalue weighted by Gasteiger charge is -2.42. The van der Waals surface area contributed by atoms with E-state index in [2.05, 4.69) is 48.3 Å². The van der Waals surface area contributed by atoms with E-state index in [1.165, 1.54) is 30.5 Å². The molecule has 1 aromatic rings. The molecule has 3 heteroatoms. The van der Waals surface area contributed by atoms with Gasteiger partial charge in [-0.05, 0) is 18.9 Å². The molecule has 0 bridgehead atoms. The summed E-state index contributed by atoms with van der Waals surface area (Å²) in [6.07, 6.45) is 3.66. The van der Waals surface area contributed by atoms with Gasteiger partial charge < -0.3 is 15.0 Å². The molecule has 3 nitrogen and oxygen atoms in total. The van der Waals surface area contributed by atoms with Crippen LogP contribution in [0.15, 0.2) is 24.3 Å². The highest BCUT2D eigenvalue weighted by atomic mass is 16.5. The molecule has 0 saturated carbocycles. The van der Waals surface area contributed by atoms with Crippen LogP contribution in [-0.4, -0.2) is 32.3 Å². The van der Waals surface area contributed by atoms with Gasteiger partial charge in [0.1, 0.15) is 0 Å². The van der Waals surface area contributed by atoms with Crippen LogP contribution >= 0.6 is 0 Å². The van der Waals surface area contributed by atoms with Crippen molar-refractivity contribution >= 4 is 5.69 Å². The molecule has 1 heterocycles. The molecule has 1 N–H and O–H groups in total. The molecule has 0 spiro atoms. The summed E-state index contributed by atoms with van der Waals surface area (Å²) >= 11 is 0. The van der Waals surface area contributed by atoms with Gasteiger partial charge in [0.15, 0.2) is 0 Å². The van der Waals surface area contributed by atoms with E-state index in [1.54, 1.807) is 7.11 Å². The minimum atomic E-state index is 0.584. The van der Waals surface area contributed by atoms with E-state index >= 15 is 0 Å². The standard InChI is InChI=1S/C17H28N2O/c1-4-8-15-12-19(16(5-2)11-18-15)17-10-7-6-9-14(17)13-20-3/h6-7,9-10,15-16,18H,4-5,8,11-13H2,1-3H3. The minimum absolute atomic E-state index is 0.584. The maximum atomic E-state index is 5.36. The Morgan fingerprint density at radius 3 is 2.80 bits per heavy atom. The number of ether oxygens (including phenoxy) is 1. The minimum Gasteiger partial charge on any atom is -0.380 e. The van der Waals surface area contributed by atoms with Gasteiger partial charge in [0, 0.05) is 43.5 Å². The molecule has 1 aromatic carbocycles. The summed E-state index contributed by atoms with van der Waals surface area (Å²) < 4.78 is 5.36. The van der Waals surface area contributed by atoms with Crippen molar-refractivity contribution in [1.29, 1.82) is 0 Å². The van der Waals surface area contributed by atoms with E-state index in [9.17, 15) is 0 Å². The van der Waals surface area contributed by atoms with Crippen LogP contribution in [0, 0.1) is 0 Å². The topological polar surface area (TPSA) is 24.5 Å². The van der Waals surface area contributed by atoms with E-state index in [1.807, 2.05) is 0 Å². The number of nitrogens with zero attached hydrogens (tertiary/aromatic N) is 1. The number of rotatable bonds is 6. The van der Waals surface area contributed by atoms with Crippen molar-refractivity contribution in [3.63, 3.8) is 0 Å². The predicted molar refractivity (Wildman–Crippen MR) is 85.3 cm³/mol. The van der Waals surface area contributed by atoms with Gasteiger partial charge in [0.2, 0.25) is 0 Å². The highest BCUT2D eigenvalue weighted by molar-refractivity contribution is 5.55. The second-order valence-electron chi connectivity index (χ2n) is 5.67. The monoisotopic (exact) mass is 276 g/mol. The van der Waals surface area contributed by atoms with Gasteiger partial charge in [-0.25, -0.2) is 0 Å². The van der Waals surface area contributed by atoms with E-state index in [4.69, 9.17) is 4.74 Å². The molecule has 1 aliphatic rings. The van der Waals surface area contributed by atoms with Gasteiger partial charge in [-0.2, -0.15) is 0 Å². The molecule has 112 valence electrons. The number of anilines is 1. The average molecular weight is 276 g/mol. The smallest absolute Gasteiger partial charge is 0.0733 e. The molecule has 0 aromatic heterocycles. The Balaban J connectivity index is 2.21. The Hall–Kier alpha value is -1.06. The van der Waals surface area contributed by atoms with Crippen LogP contribution in [0.2, 0.25) is 0 Å². The van der Waals surface area contributed by atoms with Crippen LogP contribution in [0.4, 0.5) is 5.69 Å². The van der Waals surface area contributed by atoms with Crippen molar-refractivity contribution < 1.29 is 4.74 Å². The van der Waals surface area contributed by atoms with Crippen LogP contribution in [0.3, 0.4) is 0 Å². The van der Waals surface area contributed by atoms with Crippen molar-refractivity contribution in [2.24, 2.45) is 0 Å². The van der Waals surface area contributed by atoms with Gasteiger partial charge >= 0.3 is 0 Å². The van der Waals surface area contributed by atoms with Gasteiger partial charge in [-0.1, -0.05) is 38.5 Å². The quantitative estimate of drug-likeness (QED) is 0.863. The van der Waals surface area contributed by atoms with Crippen molar-refractivity contribution in [1.82, 2.24) is 5.32 Å². The first kappa shape index (κ1) is 15.3. The lowest BCUT2D eigenvalue weighted by atomic mass is 10.0. The Kier molecular flexibility index (Phi) is 5.86. The number of hydrogen-bond acceptors (Lipinski definition) is 3. The van der Waals surface area contributed by atoms with Crippen LogP contribution in [0.1, 0.15) is 38.7 Å². The molecule has 2 atom stereocenters. The highest BCUT2D eigenvalue weighted by Crippen LogP contribution is 2.26. The summed E-state index contributed by atoms with van der Waals surface area (Å²) in [6.45, 7) is 7.42. The zero-order valence-electron chi connectivity index (χ0n) is 13.1. The SMILES string of the molecule is CCCC1CN(c2ccccc2COC)C(CC)CN1. The summed E-state index contributed by atoms with van der Waals surface area (Å²) in [4.78, 5) is 2.59. The Bertz CT molecular complexity index is 408. The number of hydrogen-bond donors (Lipinski definition) is 1. The van der Waals surface area contributed by atoms with E-state index in [0.717, 1.165) is 13.1 Å². The number of para-hydroxylation sites is 1. The zero-order valence-corrected chi connectivity index (χ0v) is 13.1. The molecular formula is C17H28N2O. The Morgan fingerprint density at radius 2 is 2.10 bits per heavy atom. The summed E-state index contributed by atoms with van der Waals surface area (Å²) in [6, 6.07) is 9.86. The lowest BCUT2D eigenvalue weighted by Crippen LogP contribution is -2.56. The first-order chi connectivity index (χ1) is 9.80. The second-order valence-corrected chi connectivity index (χ2v) is 5.67. The third-order valence-corrected chi connectivity index (χ3v) is 4.21. The molecule has 1 saturated heterocycles. The molecule has 20 heavy (non-hydrogen) atoms. The van der Waals surface area contributed by atoms with E-state index < -0.39 is 0 Å². The fourth-order valence-corrected chi connectivity index (χ4v) is 3.13. The first-order valence-corrected chi connectivity index (χ1v) is 7.87. The zero-order chi connectivity index (χ0) is 14.4. The summed E-state index contributed by atoms with van der Waals surface area (Å²) in [5.74, 6) is 0. The number of benzene rings is 1. The van der Waals surface area contributed by atoms with Gasteiger partial charge in [-0.3, -0.25) is 0 Å². The molecule has 2 rings (SSSR count). The Morgan fingerprint density at radius 1 is 1.30 bits per heavy atom. The maximum Gasteiger partial charge on any atom is 0.0733 e. The molecular weight excluding hydrogens is 248 g/mol. The number of methoxy groups -OCH3 is 1. The van der Waals surface area contributed by atoms with Crippen molar-refractivity contribution in [2.45, 2.75) is 51.8 Å². The molecule has 0 aliphatic carbocycles. The third-order valence-electron chi connectivity index (χ3n) is 4.21. The predicted octanol–water partition coefficient (Wildman–Crippen LogP) is 3.19. The third kappa shape index (κ3) is 3.53. The Labute approximate surface area is 123 Å². The lowest BCUT2D eigenvalue weighted by molar-refractivity contribution is 0.185. The average Bonchev–Trinajstić information content (AvgIpc) is 2.48. The van der Waals surface area contributed by atoms with Crippen LogP contribution < -0.4 is 10.2 Å². The van der Waals surface area contributed by atoms with Crippen LogP contribution in [0.5, 0.6) is 0 Å². The van der Waals surface area contributed by atoms with Crippen LogP contribution in [-0.2, 0) is 11.3 Å². The second kappa shape index (κ2) is 7.65. The fourth-order valence-electron chi connectivity index (χ4n) is 3.13. The number of nitrogens with one attached hydrogen (secondary N) is 1. The van der Waals surface area contributed by atoms with Crippen LogP contribution in [0.25, 0.3) is 0 Å². The largest absolute Gasteiger partial charge is 0.380 e. The summed E-state index contributed by atoms with van der Waals surface area (Å²) in [5.41, 5.74) is 2.65. The summed E-state index contributed by atoms with van der Waals surface area (Å²) in [5, 5.41) is 3.70. The molecule has 2 unspecified atom stereocenters. The van der Waals surface area contributed by atoms with Crippen molar-refractivity contribution in [2.75, 3.05) is 25.1 Å². The van der Waals surface area contributed by atoms with E-state index in [-0.39, 0.29) is 0 Å². The van der Waals surface area contributed by atoms with Crippen molar-refractivity contribution in [3.05, 3.63) is 29.8 Å². The number of piperazine rings is 1. The normalized spacial score (nSPS) is 23.1. The van der Waals surface area contributed by atoms with E-state index in [0.29, 0.717) is 18.7 Å². The fraction of sp³-hybridized carbons (Fsp3) is 0.647. The van der Waals surface area contributed by atoms with Gasteiger partial charge in [0.25, 0.3) is 0 Å².